The molecule has 0 radical (unpaired) electrons. The summed E-state index contributed by atoms with van der Waals surface area (Å²) in [6.45, 7) is 4.14. The Morgan fingerprint density at radius 3 is 2.48 bits per heavy atom. The maximum atomic E-state index is 12.7. The van der Waals surface area contributed by atoms with Crippen LogP contribution in [0.5, 0.6) is 0 Å². The molecule has 1 aliphatic heterocycles. The summed E-state index contributed by atoms with van der Waals surface area (Å²) in [4.78, 5) is 15.6. The molecule has 0 unspecified atom stereocenters. The number of benzene rings is 1. The zero-order chi connectivity index (χ0) is 16.6. The third-order valence-corrected chi connectivity index (χ3v) is 7.40. The number of nitrogens with zero attached hydrogens (tertiary/aromatic N) is 1. The normalized spacial score (nSPS) is 23.0. The molecule has 0 bridgehead atoms. The SMILES string of the molecule is Cc1ccc(SCC(=O)N(C2CC2)[C@@H]2CCS(=O)(=O)C2)cc1C. The van der Waals surface area contributed by atoms with Crippen LogP contribution in [-0.4, -0.2) is 48.6 Å². The molecule has 1 saturated heterocycles. The molecule has 1 aromatic rings. The number of sulfone groups is 1. The van der Waals surface area contributed by atoms with Crippen LogP contribution < -0.4 is 0 Å². The second-order valence-corrected chi connectivity index (χ2v) is 9.90. The molecule has 1 aliphatic carbocycles. The third-order valence-electron chi connectivity index (χ3n) is 4.67. The first-order valence-corrected chi connectivity index (χ1v) is 10.9. The number of hydrogen-bond donors (Lipinski definition) is 0. The molecule has 2 aliphatic rings. The molecule has 2 fully saturated rings. The van der Waals surface area contributed by atoms with Crippen molar-refractivity contribution in [2.45, 2.75) is 50.1 Å². The molecular weight excluding hydrogens is 330 g/mol. The fraction of sp³-hybridized carbons (Fsp3) is 0.588. The fourth-order valence-electron chi connectivity index (χ4n) is 3.08. The molecule has 1 amide bonds. The summed E-state index contributed by atoms with van der Waals surface area (Å²) in [5, 5.41) is 0. The van der Waals surface area contributed by atoms with Gasteiger partial charge in [0.2, 0.25) is 5.91 Å². The Morgan fingerprint density at radius 2 is 1.91 bits per heavy atom. The van der Waals surface area contributed by atoms with Crippen LogP contribution in [0.15, 0.2) is 23.1 Å². The number of aryl methyl sites for hydroxylation is 2. The van der Waals surface area contributed by atoms with Gasteiger partial charge in [-0.2, -0.15) is 0 Å². The minimum atomic E-state index is -2.96. The summed E-state index contributed by atoms with van der Waals surface area (Å²) in [6, 6.07) is 6.38. The van der Waals surface area contributed by atoms with E-state index in [9.17, 15) is 13.2 Å². The van der Waals surface area contributed by atoms with Gasteiger partial charge in [0.05, 0.1) is 17.3 Å². The second kappa shape index (κ2) is 6.48. The van der Waals surface area contributed by atoms with Crippen molar-refractivity contribution in [2.75, 3.05) is 17.3 Å². The van der Waals surface area contributed by atoms with Crippen LogP contribution in [0.2, 0.25) is 0 Å². The van der Waals surface area contributed by atoms with Gasteiger partial charge in [-0.05, 0) is 56.4 Å². The van der Waals surface area contributed by atoms with Crippen LogP contribution in [0.25, 0.3) is 0 Å². The highest BCUT2D eigenvalue weighted by molar-refractivity contribution is 8.00. The predicted octanol–water partition coefficient (Wildman–Crippen LogP) is 2.57. The number of amides is 1. The molecule has 6 heteroatoms. The standard InChI is InChI=1S/C17H23NO3S2/c1-12-3-6-16(9-13(12)2)22-10-17(19)18(14-4-5-14)15-7-8-23(20,21)11-15/h3,6,9,14-15H,4-5,7-8,10-11H2,1-2H3/t15-/m1/s1. The van der Waals surface area contributed by atoms with Gasteiger partial charge in [0.1, 0.15) is 0 Å². The summed E-state index contributed by atoms with van der Waals surface area (Å²) < 4.78 is 23.4. The molecule has 3 rings (SSSR count). The van der Waals surface area contributed by atoms with Gasteiger partial charge in [0.25, 0.3) is 0 Å². The van der Waals surface area contributed by atoms with Crippen molar-refractivity contribution in [2.24, 2.45) is 0 Å². The Kier molecular flexibility index (Phi) is 4.74. The van der Waals surface area contributed by atoms with E-state index in [0.29, 0.717) is 12.2 Å². The number of hydrogen-bond acceptors (Lipinski definition) is 4. The van der Waals surface area contributed by atoms with Gasteiger partial charge in [-0.3, -0.25) is 4.79 Å². The van der Waals surface area contributed by atoms with Gasteiger partial charge < -0.3 is 4.90 Å². The van der Waals surface area contributed by atoms with Crippen molar-refractivity contribution in [1.82, 2.24) is 4.90 Å². The third kappa shape index (κ3) is 4.10. The van der Waals surface area contributed by atoms with E-state index in [1.54, 1.807) is 11.8 Å². The van der Waals surface area contributed by atoms with Crippen LogP contribution in [0.1, 0.15) is 30.4 Å². The van der Waals surface area contributed by atoms with Crippen molar-refractivity contribution in [3.63, 3.8) is 0 Å². The van der Waals surface area contributed by atoms with E-state index >= 15 is 0 Å². The topological polar surface area (TPSA) is 54.5 Å². The molecule has 126 valence electrons. The predicted molar refractivity (Wildman–Crippen MR) is 93.6 cm³/mol. The number of carbonyl (C=O) groups excluding carboxylic acids is 1. The highest BCUT2D eigenvalue weighted by Crippen LogP contribution is 2.33. The van der Waals surface area contributed by atoms with Crippen LogP contribution in [0.4, 0.5) is 0 Å². The molecule has 4 nitrogen and oxygen atoms in total. The minimum absolute atomic E-state index is 0.0813. The summed E-state index contributed by atoms with van der Waals surface area (Å²) >= 11 is 1.54. The average molecular weight is 354 g/mol. The summed E-state index contributed by atoms with van der Waals surface area (Å²) in [5.41, 5.74) is 2.47. The lowest BCUT2D eigenvalue weighted by atomic mass is 10.1. The summed E-state index contributed by atoms with van der Waals surface area (Å²) in [7, 11) is -2.96. The first-order chi connectivity index (χ1) is 10.9. The first-order valence-electron chi connectivity index (χ1n) is 8.07. The van der Waals surface area contributed by atoms with Crippen molar-refractivity contribution in [3.05, 3.63) is 29.3 Å². The number of carbonyl (C=O) groups is 1. The summed E-state index contributed by atoms with van der Waals surface area (Å²) in [6.07, 6.45) is 2.62. The molecule has 0 aromatic heterocycles. The Balaban J connectivity index is 1.64. The Bertz CT molecular complexity index is 711. The number of rotatable bonds is 5. The maximum Gasteiger partial charge on any atom is 0.233 e. The molecular formula is C17H23NO3S2. The van der Waals surface area contributed by atoms with Crippen LogP contribution in [-0.2, 0) is 14.6 Å². The van der Waals surface area contributed by atoms with Gasteiger partial charge in [-0.15, -0.1) is 11.8 Å². The number of thioether (sulfide) groups is 1. The molecule has 0 spiro atoms. The van der Waals surface area contributed by atoms with E-state index in [1.165, 1.54) is 11.1 Å². The first kappa shape index (κ1) is 16.8. The van der Waals surface area contributed by atoms with Gasteiger partial charge in [0.15, 0.2) is 9.84 Å². The van der Waals surface area contributed by atoms with Gasteiger partial charge in [0, 0.05) is 17.0 Å². The van der Waals surface area contributed by atoms with E-state index in [-0.39, 0.29) is 29.5 Å². The second-order valence-electron chi connectivity index (χ2n) is 6.62. The van der Waals surface area contributed by atoms with Crippen molar-refractivity contribution >= 4 is 27.5 Å². The zero-order valence-electron chi connectivity index (χ0n) is 13.6. The van der Waals surface area contributed by atoms with Gasteiger partial charge in [-0.25, -0.2) is 8.42 Å². The van der Waals surface area contributed by atoms with E-state index < -0.39 is 9.84 Å². The van der Waals surface area contributed by atoms with Crippen molar-refractivity contribution in [1.29, 1.82) is 0 Å². The molecule has 1 aromatic carbocycles. The lowest BCUT2D eigenvalue weighted by Crippen LogP contribution is -2.43. The minimum Gasteiger partial charge on any atom is -0.335 e. The van der Waals surface area contributed by atoms with E-state index in [0.717, 1.165) is 17.7 Å². The quantitative estimate of drug-likeness (QED) is 0.764. The molecule has 0 N–H and O–H groups in total. The lowest BCUT2D eigenvalue weighted by molar-refractivity contribution is -0.130. The highest BCUT2D eigenvalue weighted by atomic mass is 32.2. The van der Waals surface area contributed by atoms with E-state index in [4.69, 9.17) is 0 Å². The average Bonchev–Trinajstić information content (AvgIpc) is 3.24. The maximum absolute atomic E-state index is 12.7. The molecule has 1 heterocycles. The van der Waals surface area contributed by atoms with Crippen molar-refractivity contribution in [3.8, 4) is 0 Å². The zero-order valence-corrected chi connectivity index (χ0v) is 15.3. The van der Waals surface area contributed by atoms with Crippen LogP contribution in [0.3, 0.4) is 0 Å². The van der Waals surface area contributed by atoms with Gasteiger partial charge in [-0.1, -0.05) is 6.07 Å². The smallest absolute Gasteiger partial charge is 0.233 e. The van der Waals surface area contributed by atoms with Crippen molar-refractivity contribution < 1.29 is 13.2 Å². The summed E-state index contributed by atoms with van der Waals surface area (Å²) in [5.74, 6) is 0.829. The molecule has 1 saturated carbocycles. The van der Waals surface area contributed by atoms with Crippen LogP contribution >= 0.6 is 11.8 Å². The Morgan fingerprint density at radius 1 is 1.17 bits per heavy atom. The van der Waals surface area contributed by atoms with E-state index in [2.05, 4.69) is 26.0 Å². The molecule has 23 heavy (non-hydrogen) atoms. The monoisotopic (exact) mass is 353 g/mol. The highest BCUT2D eigenvalue weighted by Gasteiger charge is 2.41. The van der Waals surface area contributed by atoms with E-state index in [1.807, 2.05) is 11.0 Å². The van der Waals surface area contributed by atoms with Crippen LogP contribution in [0, 0.1) is 13.8 Å². The Labute approximate surface area is 142 Å². The largest absolute Gasteiger partial charge is 0.335 e. The Hall–Kier alpha value is -1.01. The lowest BCUT2D eigenvalue weighted by Gasteiger charge is -2.28. The fourth-order valence-corrected chi connectivity index (χ4v) is 5.65. The van der Waals surface area contributed by atoms with Gasteiger partial charge >= 0.3 is 0 Å². The molecule has 1 atom stereocenters.